The number of fused-ring (bicyclic) bond motifs is 3. The van der Waals surface area contributed by atoms with Gasteiger partial charge in [0.05, 0.1) is 17.7 Å². The van der Waals surface area contributed by atoms with Crippen molar-refractivity contribution in [1.29, 1.82) is 0 Å². The topological polar surface area (TPSA) is 27.1 Å². The maximum absolute atomic E-state index is 9.02. The third-order valence-corrected chi connectivity index (χ3v) is 12.1. The smallest absolute Gasteiger partial charge is 0.186 e. The van der Waals surface area contributed by atoms with E-state index in [1.165, 1.54) is 27.8 Å². The van der Waals surface area contributed by atoms with E-state index in [-0.39, 0.29) is 16.2 Å². The highest BCUT2D eigenvalue weighted by Gasteiger charge is 2.63. The molecule has 5 nitrogen and oxygen atoms in total. The molecule has 3 aliphatic rings. The van der Waals surface area contributed by atoms with Crippen LogP contribution in [-0.2, 0) is 22.6 Å². The highest BCUT2D eigenvalue weighted by atomic mass is 16.5. The molecule has 2 bridgehead atoms. The summed E-state index contributed by atoms with van der Waals surface area (Å²) in [5.74, 6) is 2.38. The summed E-state index contributed by atoms with van der Waals surface area (Å²) in [5.41, 5.74) is 11.0. The van der Waals surface area contributed by atoms with Crippen LogP contribution < -0.4 is 13.7 Å². The summed E-state index contributed by atoms with van der Waals surface area (Å²) in [5, 5.41) is 2.32. The van der Waals surface area contributed by atoms with Gasteiger partial charge >= 0.3 is 0 Å². The van der Waals surface area contributed by atoms with Gasteiger partial charge in [-0.15, -0.1) is 0 Å². The summed E-state index contributed by atoms with van der Waals surface area (Å²) in [6, 6.07) is 40.9. The van der Waals surface area contributed by atoms with Crippen LogP contribution in [0.2, 0.25) is 0 Å². The quantitative estimate of drug-likeness (QED) is 0.125. The van der Waals surface area contributed by atoms with Crippen molar-refractivity contribution in [2.24, 2.45) is 0 Å². The molecule has 56 heavy (non-hydrogen) atoms. The van der Waals surface area contributed by atoms with Crippen molar-refractivity contribution in [3.05, 3.63) is 150 Å². The van der Waals surface area contributed by atoms with E-state index in [4.69, 9.17) is 12.5 Å². The molecular formula is C51H55N4O+. The fourth-order valence-electron chi connectivity index (χ4n) is 8.88. The van der Waals surface area contributed by atoms with Crippen molar-refractivity contribution >= 4 is 44.6 Å². The van der Waals surface area contributed by atoms with Gasteiger partial charge in [-0.1, -0.05) is 112 Å². The first-order valence-electron chi connectivity index (χ1n) is 20.9. The van der Waals surface area contributed by atoms with Crippen LogP contribution in [0, 0.1) is 6.67 Å². The number of hydrogen-bond acceptors (Lipinski definition) is 2. The highest BCUT2D eigenvalue weighted by Crippen LogP contribution is 2.66. The minimum Gasteiger partial charge on any atom is -0.457 e. The van der Waals surface area contributed by atoms with Gasteiger partial charge in [-0.3, -0.25) is 13.5 Å². The fraction of sp³-hybridized carbons (Fsp3) is 0.294. The van der Waals surface area contributed by atoms with Gasteiger partial charge in [-0.2, -0.15) is 0 Å². The molecule has 0 spiro atoms. The zero-order valence-corrected chi connectivity index (χ0v) is 34.5. The molecule has 2 atom stereocenters. The van der Waals surface area contributed by atoms with Crippen LogP contribution in [0.15, 0.2) is 121 Å². The van der Waals surface area contributed by atoms with E-state index in [1.807, 2.05) is 24.4 Å². The second-order valence-electron chi connectivity index (χ2n) is 19.0. The number of nitrogens with zero attached hydrogens (tertiary/aromatic N) is 4. The maximum Gasteiger partial charge on any atom is 0.186 e. The summed E-state index contributed by atoms with van der Waals surface area (Å²) in [4.78, 5) is 4.87. The Hall–Kier alpha value is -5.23. The molecule has 0 aliphatic carbocycles. The fourth-order valence-corrected chi connectivity index (χ4v) is 8.88. The first-order chi connectivity index (χ1) is 27.2. The molecule has 1 saturated heterocycles. The molecule has 284 valence electrons. The predicted octanol–water partition coefficient (Wildman–Crippen LogP) is 13.8. The Labute approximate surface area is 335 Å². The van der Waals surface area contributed by atoms with Crippen molar-refractivity contribution in [1.82, 2.24) is 18.5 Å². The summed E-state index contributed by atoms with van der Waals surface area (Å²) >= 11 is 0. The Morgan fingerprint density at radius 1 is 0.643 bits per heavy atom. The van der Waals surface area contributed by atoms with Gasteiger partial charge in [0, 0.05) is 55.6 Å². The van der Waals surface area contributed by atoms with Crippen LogP contribution in [-0.4, -0.2) is 16.2 Å². The van der Waals surface area contributed by atoms with Crippen LogP contribution in [0.3, 0.4) is 0 Å². The number of hydrogen-bond donors (Lipinski definition) is 0. The van der Waals surface area contributed by atoms with Crippen LogP contribution in [0.25, 0.3) is 27.6 Å². The predicted molar refractivity (Wildman–Crippen MR) is 236 cm³/mol. The molecular weight excluding hydrogens is 685 g/mol. The van der Waals surface area contributed by atoms with Crippen molar-refractivity contribution in [3.63, 3.8) is 0 Å². The van der Waals surface area contributed by atoms with Gasteiger partial charge < -0.3 is 4.74 Å². The third kappa shape index (κ3) is 5.62. The largest absolute Gasteiger partial charge is 0.457 e. The number of ether oxygens (including phenoxy) is 1. The van der Waals surface area contributed by atoms with E-state index in [1.54, 1.807) is 6.92 Å². The minimum atomic E-state index is -1.53. The number of benzene rings is 5. The molecule has 0 N–H and O–H groups in total. The lowest BCUT2D eigenvalue weighted by molar-refractivity contribution is 0.186. The standard InChI is InChI=1S/C51H55N4O/c1-11-34-16-14-21-46-48(34)55(39-27-36(50(5,6)7)26-37(28-39)51(8,9)10)32-54(46,33-55)38-17-15-18-40(30-38)56-41-22-23-43-42-19-12-13-20-44(42)53(45(43)31-41)47-29-35(24-25-52-47)49(2,3)4/h12-32H,11,33H2,1-10H3/q+1/t54-,55+/m1/s1/i11D2. The van der Waals surface area contributed by atoms with Crippen LogP contribution in [0.4, 0.5) is 22.7 Å². The van der Waals surface area contributed by atoms with E-state index >= 15 is 0 Å². The number of aryl methyl sites for hydroxylation is 1. The van der Waals surface area contributed by atoms with Crippen LogP contribution >= 0.6 is 0 Å². The van der Waals surface area contributed by atoms with Crippen molar-refractivity contribution in [2.75, 3.05) is 6.67 Å². The number of rotatable bonds is 6. The average molecular weight is 742 g/mol. The van der Waals surface area contributed by atoms with Gasteiger partial charge in [-0.25, -0.2) is 4.98 Å². The molecule has 0 radical (unpaired) electrons. The summed E-state index contributed by atoms with van der Waals surface area (Å²) in [6.07, 6.45) is 0.381. The third-order valence-electron chi connectivity index (χ3n) is 12.1. The molecule has 3 aliphatic heterocycles. The molecule has 10 rings (SSSR count). The maximum atomic E-state index is 9.02. The van der Waals surface area contributed by atoms with E-state index in [9.17, 15) is 0 Å². The van der Waals surface area contributed by atoms with Gasteiger partial charge in [0.2, 0.25) is 0 Å². The lowest BCUT2D eigenvalue weighted by Crippen LogP contribution is -2.67. The first-order valence-corrected chi connectivity index (χ1v) is 19.9. The van der Waals surface area contributed by atoms with Gasteiger partial charge in [0.25, 0.3) is 0 Å². The molecule has 5 heterocycles. The second-order valence-corrected chi connectivity index (χ2v) is 19.0. The van der Waals surface area contributed by atoms with Crippen molar-refractivity contribution < 1.29 is 7.48 Å². The molecule has 2 aromatic heterocycles. The van der Waals surface area contributed by atoms with E-state index in [2.05, 4.69) is 171 Å². The number of quaternary nitrogens is 2. The Kier molecular flexibility index (Phi) is 7.53. The van der Waals surface area contributed by atoms with Gasteiger partial charge in [0.1, 0.15) is 28.7 Å². The van der Waals surface area contributed by atoms with E-state index in [0.717, 1.165) is 63.0 Å². The second kappa shape index (κ2) is 12.4. The van der Waals surface area contributed by atoms with Crippen molar-refractivity contribution in [3.8, 4) is 17.3 Å². The highest BCUT2D eigenvalue weighted by molar-refractivity contribution is 6.09. The minimum absolute atomic E-state index is 0.0144. The molecule has 1 fully saturated rings. The van der Waals surface area contributed by atoms with Crippen LogP contribution in [0.5, 0.6) is 11.5 Å². The normalized spacial score (nSPS) is 20.1. The van der Waals surface area contributed by atoms with Crippen LogP contribution in [0.1, 0.15) is 94.2 Å². The zero-order valence-electron chi connectivity index (χ0n) is 36.5. The molecule has 0 unspecified atom stereocenters. The Morgan fingerprint density at radius 3 is 2.00 bits per heavy atom. The first kappa shape index (κ1) is 34.1. The molecule has 0 saturated carbocycles. The Morgan fingerprint density at radius 2 is 1.30 bits per heavy atom. The molecule has 5 heteroatoms. The number of pyridine rings is 1. The lowest BCUT2D eigenvalue weighted by Gasteiger charge is -2.56. The molecule has 5 aromatic carbocycles. The summed E-state index contributed by atoms with van der Waals surface area (Å²) in [7, 11) is 0. The van der Waals surface area contributed by atoms with Crippen molar-refractivity contribution in [2.45, 2.75) is 91.9 Å². The average Bonchev–Trinajstić information content (AvgIpc) is 3.74. The van der Waals surface area contributed by atoms with E-state index in [0.29, 0.717) is 8.97 Å². The zero-order chi connectivity index (χ0) is 41.2. The number of para-hydroxylation sites is 2. The van der Waals surface area contributed by atoms with Gasteiger partial charge in [0.15, 0.2) is 18.0 Å². The number of aromatic nitrogens is 2. The summed E-state index contributed by atoms with van der Waals surface area (Å²) < 4.78 is 28.1. The monoisotopic (exact) mass is 741 g/mol. The van der Waals surface area contributed by atoms with E-state index < -0.39 is 6.37 Å². The Balaban J connectivity index is 1.14. The summed E-state index contributed by atoms with van der Waals surface area (Å²) in [6.45, 7) is 25.1. The Bertz CT molecular complexity index is 2730. The SMILES string of the molecule is [2H]C([2H])(C)c1cccc2c1[N@@+]1(c3cc(C(C)(C)C)cc(C(C)(C)C)c3)[CH-][N@+]2(c2cccc(Oc3ccc4c5ccccc5n(-c5cc(C(C)(C)C)ccn5)c4c3)c2)C1. The molecule has 7 aromatic rings. The van der Waals surface area contributed by atoms with Gasteiger partial charge in [-0.05, 0) is 81.8 Å². The lowest BCUT2D eigenvalue weighted by atomic mass is 9.80. The molecule has 0 amide bonds.